The Morgan fingerprint density at radius 1 is 0.535 bits per heavy atom. The van der Waals surface area contributed by atoms with E-state index in [9.17, 15) is 26.3 Å². The lowest BCUT2D eigenvalue weighted by Crippen LogP contribution is -2.04. The number of hydrogen-bond donors (Lipinski definition) is 0. The number of halogens is 6. The van der Waals surface area contributed by atoms with Crippen molar-refractivity contribution in [2.45, 2.75) is 70.5 Å². The highest BCUT2D eigenvalue weighted by atomic mass is 19.4. The lowest BCUT2D eigenvalue weighted by Gasteiger charge is -2.07. The molecular weight excluding hydrogens is 578 g/mol. The van der Waals surface area contributed by atoms with Gasteiger partial charge in [0.1, 0.15) is 23.9 Å². The van der Waals surface area contributed by atoms with E-state index in [-0.39, 0.29) is 0 Å². The molecule has 232 valence electrons. The predicted molar refractivity (Wildman–Crippen MR) is 144 cm³/mol. The fourth-order valence-corrected chi connectivity index (χ4v) is 4.22. The van der Waals surface area contributed by atoms with E-state index in [0.29, 0.717) is 75.3 Å². The molecule has 2 aromatic heterocycles. The van der Waals surface area contributed by atoms with Crippen molar-refractivity contribution >= 4 is 0 Å². The minimum Gasteiger partial charge on any atom is -0.449 e. The maximum atomic E-state index is 12.7. The first-order valence-corrected chi connectivity index (χ1v) is 13.9. The topological polar surface area (TPSA) is 70.5 Å². The van der Waals surface area contributed by atoms with E-state index >= 15 is 0 Å². The first-order valence-electron chi connectivity index (χ1n) is 13.9. The van der Waals surface area contributed by atoms with E-state index in [1.807, 2.05) is 0 Å². The lowest BCUT2D eigenvalue weighted by molar-refractivity contribution is -0.138. The molecule has 43 heavy (non-hydrogen) atoms. The Morgan fingerprint density at radius 3 is 1.30 bits per heavy atom. The second-order valence-corrected chi connectivity index (χ2v) is 10.0. The summed E-state index contributed by atoms with van der Waals surface area (Å²) in [6.45, 7) is 1.74. The highest BCUT2D eigenvalue weighted by Crippen LogP contribution is 2.30. The molecule has 0 bridgehead atoms. The number of unbranched alkanes of at least 4 members (excludes halogenated alkanes) is 2. The Hall–Kier alpha value is -3.64. The van der Waals surface area contributed by atoms with Crippen LogP contribution in [0.15, 0.2) is 69.9 Å². The van der Waals surface area contributed by atoms with E-state index in [1.165, 1.54) is 36.8 Å². The van der Waals surface area contributed by atoms with Gasteiger partial charge in [0.25, 0.3) is 0 Å². The molecule has 0 aliphatic heterocycles. The van der Waals surface area contributed by atoms with Gasteiger partial charge in [0, 0.05) is 26.1 Å². The number of oxazole rings is 2. The molecule has 2 aromatic carbocycles. The summed E-state index contributed by atoms with van der Waals surface area (Å²) < 4.78 is 98.2. The van der Waals surface area contributed by atoms with Crippen molar-refractivity contribution in [2.24, 2.45) is 0 Å². The molecule has 0 N–H and O–H groups in total. The van der Waals surface area contributed by atoms with E-state index in [2.05, 4.69) is 9.97 Å². The summed E-state index contributed by atoms with van der Waals surface area (Å²) in [4.78, 5) is 8.73. The first-order chi connectivity index (χ1) is 20.6. The molecule has 6 nitrogen and oxygen atoms in total. The van der Waals surface area contributed by atoms with Crippen LogP contribution in [0.2, 0.25) is 0 Å². The molecule has 0 amide bonds. The molecule has 0 saturated heterocycles. The predicted octanol–water partition coefficient (Wildman–Crippen LogP) is 8.17. The van der Waals surface area contributed by atoms with Crippen molar-refractivity contribution in [1.82, 2.24) is 9.97 Å². The third kappa shape index (κ3) is 10.9. The van der Waals surface area contributed by atoms with E-state index in [4.69, 9.17) is 18.3 Å². The van der Waals surface area contributed by atoms with Gasteiger partial charge in [0.2, 0.25) is 0 Å². The summed E-state index contributed by atoms with van der Waals surface area (Å²) in [6, 6.07) is 10.1. The number of benzene rings is 2. The van der Waals surface area contributed by atoms with Crippen molar-refractivity contribution in [3.63, 3.8) is 0 Å². The van der Waals surface area contributed by atoms with Crippen molar-refractivity contribution in [3.8, 4) is 0 Å². The van der Waals surface area contributed by atoms with Crippen LogP contribution >= 0.6 is 0 Å². The maximum absolute atomic E-state index is 12.7. The summed E-state index contributed by atoms with van der Waals surface area (Å²) in [5, 5.41) is 0. The molecule has 0 atom stereocenters. The summed E-state index contributed by atoms with van der Waals surface area (Å²) in [6.07, 6.45) is -1.04. The van der Waals surface area contributed by atoms with Gasteiger partial charge in [-0.1, -0.05) is 24.3 Å². The number of aromatic nitrogens is 2. The third-order valence-electron chi connectivity index (χ3n) is 6.59. The largest absolute Gasteiger partial charge is 0.449 e. The summed E-state index contributed by atoms with van der Waals surface area (Å²) in [7, 11) is 0. The van der Waals surface area contributed by atoms with Crippen LogP contribution in [0.3, 0.4) is 0 Å². The minimum atomic E-state index is -4.35. The van der Waals surface area contributed by atoms with Gasteiger partial charge >= 0.3 is 12.4 Å². The summed E-state index contributed by atoms with van der Waals surface area (Å²) in [5.41, 5.74) is 1.53. The second kappa shape index (κ2) is 15.2. The molecular formula is C31H32F6N2O4. The van der Waals surface area contributed by atoms with Crippen LogP contribution in [0.4, 0.5) is 26.3 Å². The summed E-state index contributed by atoms with van der Waals surface area (Å²) in [5.74, 6) is 1.02. The Labute approximate surface area is 245 Å². The quantitative estimate of drug-likeness (QED) is 0.0942. The monoisotopic (exact) mass is 610 g/mol. The number of nitrogens with zero attached hydrogens (tertiary/aromatic N) is 2. The highest BCUT2D eigenvalue weighted by molar-refractivity contribution is 5.26. The van der Waals surface area contributed by atoms with Gasteiger partial charge in [-0.15, -0.1) is 0 Å². The number of aryl methyl sites for hydroxylation is 4. The van der Waals surface area contributed by atoms with Gasteiger partial charge in [-0.2, -0.15) is 26.3 Å². The zero-order valence-corrected chi connectivity index (χ0v) is 23.3. The minimum absolute atomic E-state index is 0.313. The standard InChI is InChI=1S/C31H32F6N2O4/c32-30(33,34)24-10-4-22(5-11-24)8-14-28-38-26(20-42-28)18-40-16-2-1-3-17-41-19-27-21-43-29(39-27)15-9-23-6-12-25(13-7-23)31(35,36)37/h4-7,10-13,20-21H,1-3,8-9,14-19H2. The smallest absolute Gasteiger partial charge is 0.416 e. The Kier molecular flexibility index (Phi) is 11.4. The number of hydrogen-bond acceptors (Lipinski definition) is 6. The first kappa shape index (κ1) is 32.3. The van der Waals surface area contributed by atoms with Crippen LogP contribution in [0.1, 0.15) is 64.7 Å². The second-order valence-electron chi connectivity index (χ2n) is 10.0. The average molecular weight is 611 g/mol. The molecule has 2 heterocycles. The van der Waals surface area contributed by atoms with Crippen LogP contribution in [0.25, 0.3) is 0 Å². The SMILES string of the molecule is FC(F)(F)c1ccc(CCc2nc(COCCCCCOCc3coc(CCc4ccc(C(F)(F)F)cc4)n3)co2)cc1. The van der Waals surface area contributed by atoms with Crippen molar-refractivity contribution in [1.29, 1.82) is 0 Å². The zero-order chi connectivity index (χ0) is 30.7. The fraction of sp³-hybridized carbons (Fsp3) is 0.419. The van der Waals surface area contributed by atoms with Gasteiger partial charge in [0.15, 0.2) is 11.8 Å². The molecule has 0 aliphatic carbocycles. The van der Waals surface area contributed by atoms with Gasteiger partial charge in [-0.25, -0.2) is 9.97 Å². The highest BCUT2D eigenvalue weighted by Gasteiger charge is 2.30. The number of alkyl halides is 6. The van der Waals surface area contributed by atoms with Crippen molar-refractivity contribution < 1.29 is 44.7 Å². The van der Waals surface area contributed by atoms with Crippen LogP contribution in [0, 0.1) is 0 Å². The normalized spacial score (nSPS) is 12.2. The molecule has 0 radical (unpaired) electrons. The molecule has 4 rings (SSSR count). The molecule has 0 unspecified atom stereocenters. The summed E-state index contributed by atoms with van der Waals surface area (Å²) >= 11 is 0. The zero-order valence-electron chi connectivity index (χ0n) is 23.3. The van der Waals surface area contributed by atoms with E-state index in [0.717, 1.165) is 54.7 Å². The molecule has 0 saturated carbocycles. The van der Waals surface area contributed by atoms with E-state index < -0.39 is 23.5 Å². The lowest BCUT2D eigenvalue weighted by atomic mass is 10.1. The van der Waals surface area contributed by atoms with Gasteiger partial charge in [-0.3, -0.25) is 0 Å². The van der Waals surface area contributed by atoms with Crippen molar-refractivity contribution in [3.05, 3.63) is 106 Å². The molecule has 12 heteroatoms. The Morgan fingerprint density at radius 2 is 0.930 bits per heavy atom. The third-order valence-corrected chi connectivity index (χ3v) is 6.59. The number of ether oxygens (including phenoxy) is 2. The van der Waals surface area contributed by atoms with Crippen LogP contribution in [-0.4, -0.2) is 23.2 Å². The maximum Gasteiger partial charge on any atom is 0.416 e. The number of rotatable bonds is 16. The average Bonchev–Trinajstić information content (AvgIpc) is 3.63. The molecule has 0 aliphatic rings. The van der Waals surface area contributed by atoms with Crippen LogP contribution in [-0.2, 0) is 60.7 Å². The van der Waals surface area contributed by atoms with Crippen LogP contribution < -0.4 is 0 Å². The van der Waals surface area contributed by atoms with Crippen LogP contribution in [0.5, 0.6) is 0 Å². The molecule has 0 spiro atoms. The fourth-order valence-electron chi connectivity index (χ4n) is 4.22. The van der Waals surface area contributed by atoms with Gasteiger partial charge < -0.3 is 18.3 Å². The molecule has 4 aromatic rings. The van der Waals surface area contributed by atoms with E-state index in [1.54, 1.807) is 0 Å². The Balaban J connectivity index is 1.01. The van der Waals surface area contributed by atoms with Gasteiger partial charge in [-0.05, 0) is 67.5 Å². The molecule has 0 fully saturated rings. The Bertz CT molecular complexity index is 1270. The van der Waals surface area contributed by atoms with Crippen molar-refractivity contribution in [2.75, 3.05) is 13.2 Å². The van der Waals surface area contributed by atoms with Gasteiger partial charge in [0.05, 0.1) is 24.3 Å².